The number of aryl methyl sites for hydroxylation is 1. The summed E-state index contributed by atoms with van der Waals surface area (Å²) in [5.74, 6) is 0.675. The van der Waals surface area contributed by atoms with Gasteiger partial charge in [-0.05, 0) is 18.9 Å². The molecule has 1 aliphatic carbocycles. The molecule has 5 rings (SSSR count). The van der Waals surface area contributed by atoms with Gasteiger partial charge in [0.05, 0.1) is 17.3 Å². The van der Waals surface area contributed by atoms with E-state index in [2.05, 4.69) is 31.2 Å². The van der Waals surface area contributed by atoms with Crippen molar-refractivity contribution in [2.24, 2.45) is 12.5 Å². The molecule has 10 nitrogen and oxygen atoms in total. The van der Waals surface area contributed by atoms with Crippen LogP contribution in [0.15, 0.2) is 29.5 Å². The Hall–Kier alpha value is -4.08. The van der Waals surface area contributed by atoms with Crippen LogP contribution in [0.4, 0.5) is 29.5 Å². The number of aromatic nitrogens is 4. The number of urea groups is 1. The predicted molar refractivity (Wildman–Crippen MR) is 120 cm³/mol. The fourth-order valence-electron chi connectivity index (χ4n) is 4.84. The molecule has 0 aromatic carbocycles. The number of H-pyrrole nitrogens is 1. The van der Waals surface area contributed by atoms with E-state index in [0.717, 1.165) is 30.5 Å². The van der Waals surface area contributed by atoms with Gasteiger partial charge in [0.25, 0.3) is 5.56 Å². The van der Waals surface area contributed by atoms with Crippen LogP contribution in [0.5, 0.6) is 0 Å². The topological polar surface area (TPSA) is 123 Å². The molecule has 1 spiro atoms. The second-order valence-electron chi connectivity index (χ2n) is 9.26. The zero-order chi connectivity index (χ0) is 25.1. The molecule has 1 aliphatic heterocycles. The number of pyridine rings is 1. The molecule has 35 heavy (non-hydrogen) atoms. The molecule has 0 atom stereocenters. The summed E-state index contributed by atoms with van der Waals surface area (Å²) in [6.45, 7) is 1.44. The third-order valence-electron chi connectivity index (χ3n) is 6.82. The monoisotopic (exact) mass is 486 g/mol. The average Bonchev–Trinajstić information content (AvgIpc) is 3.16. The molecule has 0 bridgehead atoms. The van der Waals surface area contributed by atoms with E-state index >= 15 is 0 Å². The van der Waals surface area contributed by atoms with Crippen LogP contribution in [0, 0.1) is 16.7 Å². The van der Waals surface area contributed by atoms with E-state index in [1.807, 2.05) is 0 Å². The Morgan fingerprint density at radius 3 is 2.74 bits per heavy atom. The first-order valence-corrected chi connectivity index (χ1v) is 10.8. The third-order valence-corrected chi connectivity index (χ3v) is 6.82. The first-order chi connectivity index (χ1) is 16.5. The molecule has 1 saturated heterocycles. The number of hydrogen-bond donors (Lipinski definition) is 2. The molecule has 13 heteroatoms. The van der Waals surface area contributed by atoms with Crippen molar-refractivity contribution in [3.63, 3.8) is 0 Å². The van der Waals surface area contributed by atoms with Crippen LogP contribution in [-0.2, 0) is 13.2 Å². The van der Waals surface area contributed by atoms with Crippen LogP contribution in [-0.4, -0.2) is 56.6 Å². The van der Waals surface area contributed by atoms with Crippen molar-refractivity contribution in [2.75, 3.05) is 30.4 Å². The van der Waals surface area contributed by atoms with Crippen LogP contribution in [0.3, 0.4) is 0 Å². The molecule has 3 aromatic heterocycles. The summed E-state index contributed by atoms with van der Waals surface area (Å²) in [4.78, 5) is 40.1. The number of rotatable bonds is 3. The number of amides is 2. The Kier molecular flexibility index (Phi) is 5.01. The van der Waals surface area contributed by atoms with Crippen molar-refractivity contribution in [3.8, 4) is 6.07 Å². The standard InChI is InChI=1S/C22H21F3N8O2/c1-31-9-13(22(23,24)25)3-15(19(31)34)29-20(35)32(2)14-4-21(5-14)10-33(11-21)16-8-28-18-17(30-16)12(6-26)7-27-18/h3,7-9,14H,4-5,10-11H2,1-2H3,(H,27,28)(H,29,35). The van der Waals surface area contributed by atoms with E-state index in [4.69, 9.17) is 0 Å². The molecule has 0 unspecified atom stereocenters. The van der Waals surface area contributed by atoms with Crippen molar-refractivity contribution in [3.05, 3.63) is 46.1 Å². The predicted octanol–water partition coefficient (Wildman–Crippen LogP) is 2.68. The van der Waals surface area contributed by atoms with Gasteiger partial charge in [-0.15, -0.1) is 0 Å². The molecule has 2 fully saturated rings. The van der Waals surface area contributed by atoms with Crippen molar-refractivity contribution in [1.29, 1.82) is 5.26 Å². The molecule has 2 N–H and O–H groups in total. The maximum absolute atomic E-state index is 13.1. The second-order valence-corrected chi connectivity index (χ2v) is 9.26. The summed E-state index contributed by atoms with van der Waals surface area (Å²) in [6, 6.07) is 2.00. The SMILES string of the molecule is CN(C(=O)Nc1cc(C(F)(F)F)cn(C)c1=O)C1CC2(C1)CN(c1cnc3[nH]cc(C#N)c3n1)C2. The molecule has 1 saturated carbocycles. The van der Waals surface area contributed by atoms with E-state index in [0.29, 0.717) is 34.8 Å². The second kappa shape index (κ2) is 7.72. The van der Waals surface area contributed by atoms with Gasteiger partial charge in [0.1, 0.15) is 23.1 Å². The average molecular weight is 486 g/mol. The number of hydrogen-bond acceptors (Lipinski definition) is 6. The number of alkyl halides is 3. The van der Waals surface area contributed by atoms with Crippen molar-refractivity contribution in [2.45, 2.75) is 25.1 Å². The summed E-state index contributed by atoms with van der Waals surface area (Å²) in [6.07, 6.45) is 0.712. The van der Waals surface area contributed by atoms with Crippen molar-refractivity contribution >= 4 is 28.7 Å². The quantitative estimate of drug-likeness (QED) is 0.587. The lowest BCUT2D eigenvalue weighted by molar-refractivity contribution is -0.138. The zero-order valence-electron chi connectivity index (χ0n) is 18.8. The van der Waals surface area contributed by atoms with Gasteiger partial charge < -0.3 is 24.7 Å². The van der Waals surface area contributed by atoms with Crippen LogP contribution in [0.1, 0.15) is 24.0 Å². The summed E-state index contributed by atoms with van der Waals surface area (Å²) in [5, 5.41) is 11.5. The lowest BCUT2D eigenvalue weighted by Crippen LogP contribution is -2.67. The van der Waals surface area contributed by atoms with Gasteiger partial charge in [-0.3, -0.25) is 4.79 Å². The number of nitriles is 1. The fourth-order valence-corrected chi connectivity index (χ4v) is 4.84. The van der Waals surface area contributed by atoms with E-state index in [-0.39, 0.29) is 11.5 Å². The van der Waals surface area contributed by atoms with Crippen LogP contribution >= 0.6 is 0 Å². The number of nitrogens with zero attached hydrogens (tertiary/aromatic N) is 6. The largest absolute Gasteiger partial charge is 0.417 e. The van der Waals surface area contributed by atoms with E-state index in [1.54, 1.807) is 19.4 Å². The van der Waals surface area contributed by atoms with Gasteiger partial charge in [0, 0.05) is 51.0 Å². The lowest BCUT2D eigenvalue weighted by Gasteiger charge is -2.60. The lowest BCUT2D eigenvalue weighted by atomic mass is 9.60. The van der Waals surface area contributed by atoms with Crippen LogP contribution < -0.4 is 15.8 Å². The van der Waals surface area contributed by atoms with Gasteiger partial charge in [-0.1, -0.05) is 0 Å². The Labute approximate surface area is 197 Å². The number of carbonyl (C=O) groups is 1. The molecule has 4 heterocycles. The number of carbonyl (C=O) groups excluding carboxylic acids is 1. The number of anilines is 2. The maximum Gasteiger partial charge on any atom is 0.417 e. The highest BCUT2D eigenvalue weighted by Crippen LogP contribution is 2.51. The molecular formula is C22H21F3N8O2. The number of halogens is 3. The Balaban J connectivity index is 1.20. The maximum atomic E-state index is 13.1. The normalized spacial score (nSPS) is 17.1. The number of nitrogens with one attached hydrogen (secondary N) is 2. The zero-order valence-corrected chi connectivity index (χ0v) is 18.8. The van der Waals surface area contributed by atoms with Gasteiger partial charge >= 0.3 is 12.2 Å². The van der Waals surface area contributed by atoms with Crippen LogP contribution in [0.2, 0.25) is 0 Å². The first kappa shape index (κ1) is 22.7. The summed E-state index contributed by atoms with van der Waals surface area (Å²) >= 11 is 0. The number of aromatic amines is 1. The Morgan fingerprint density at radius 1 is 1.37 bits per heavy atom. The molecule has 2 aliphatic rings. The fraction of sp³-hybridized carbons (Fsp3) is 0.409. The molecular weight excluding hydrogens is 465 g/mol. The van der Waals surface area contributed by atoms with Crippen LogP contribution in [0.25, 0.3) is 11.2 Å². The summed E-state index contributed by atoms with van der Waals surface area (Å²) in [5.41, 5.74) is -0.646. The Morgan fingerprint density at radius 2 is 2.09 bits per heavy atom. The van der Waals surface area contributed by atoms with Gasteiger partial charge in [0.15, 0.2) is 5.65 Å². The highest BCUT2D eigenvalue weighted by Gasteiger charge is 2.54. The minimum absolute atomic E-state index is 0.0123. The van der Waals surface area contributed by atoms with Gasteiger partial charge in [-0.2, -0.15) is 18.4 Å². The molecule has 3 aromatic rings. The highest BCUT2D eigenvalue weighted by molar-refractivity contribution is 5.89. The van der Waals surface area contributed by atoms with Crippen molar-refractivity contribution < 1.29 is 18.0 Å². The number of fused-ring (bicyclic) bond motifs is 1. The molecule has 0 radical (unpaired) electrons. The van der Waals surface area contributed by atoms with Gasteiger partial charge in [0.2, 0.25) is 0 Å². The van der Waals surface area contributed by atoms with E-state index in [1.165, 1.54) is 11.9 Å². The van der Waals surface area contributed by atoms with E-state index < -0.39 is 29.0 Å². The minimum Gasteiger partial charge on any atom is -0.354 e. The summed E-state index contributed by atoms with van der Waals surface area (Å²) < 4.78 is 40.1. The Bertz CT molecular complexity index is 1420. The van der Waals surface area contributed by atoms with Crippen molar-refractivity contribution in [1.82, 2.24) is 24.4 Å². The minimum atomic E-state index is -4.64. The van der Waals surface area contributed by atoms with E-state index in [9.17, 15) is 28.0 Å². The molecule has 2 amide bonds. The summed E-state index contributed by atoms with van der Waals surface area (Å²) in [7, 11) is 2.77. The highest BCUT2D eigenvalue weighted by atomic mass is 19.4. The smallest absolute Gasteiger partial charge is 0.354 e. The first-order valence-electron chi connectivity index (χ1n) is 10.8. The van der Waals surface area contributed by atoms with Gasteiger partial charge in [-0.25, -0.2) is 14.8 Å². The third kappa shape index (κ3) is 3.84. The molecule has 182 valence electrons.